The summed E-state index contributed by atoms with van der Waals surface area (Å²) in [5.41, 5.74) is 7.21. The van der Waals surface area contributed by atoms with Gasteiger partial charge >= 0.3 is 0 Å². The van der Waals surface area contributed by atoms with E-state index in [9.17, 15) is 0 Å². The van der Waals surface area contributed by atoms with E-state index < -0.39 is 0 Å². The molecule has 1 aromatic rings. The van der Waals surface area contributed by atoms with Gasteiger partial charge in [-0.1, -0.05) is 16.8 Å². The van der Waals surface area contributed by atoms with Crippen LogP contribution < -0.4 is 5.73 Å². The second-order valence-electron chi connectivity index (χ2n) is 3.93. The summed E-state index contributed by atoms with van der Waals surface area (Å²) in [4.78, 5) is 1.91. The summed E-state index contributed by atoms with van der Waals surface area (Å²) in [6, 6.07) is 0. The van der Waals surface area contributed by atoms with E-state index in [-0.39, 0.29) is 5.84 Å². The molecule has 17 heavy (non-hydrogen) atoms. The topological polar surface area (TPSA) is 79.7 Å². The number of halogens is 1. The van der Waals surface area contributed by atoms with Crippen LogP contribution >= 0.6 is 11.6 Å². The lowest BCUT2D eigenvalue weighted by Crippen LogP contribution is -2.31. The molecule has 0 atom stereocenters. The van der Waals surface area contributed by atoms with E-state index in [4.69, 9.17) is 22.5 Å². The smallest absolute Gasteiger partial charge is 0.153 e. The zero-order chi connectivity index (χ0) is 13.0. The molecule has 1 heterocycles. The number of aryl methyl sites for hydroxylation is 2. The standard InChI is InChI=1S/C10H18ClN5O/c1-4-16-8(10(11)7(2)13-16)5-15(3)6-9(12)14-17/h17H,4-6H2,1-3H3,(H2,12,14). The van der Waals surface area contributed by atoms with Crippen molar-refractivity contribution in [2.75, 3.05) is 13.6 Å². The SMILES string of the molecule is CCn1nc(C)c(Cl)c1CN(C)C/C(N)=N/O. The highest BCUT2D eigenvalue weighted by Gasteiger charge is 2.14. The fourth-order valence-corrected chi connectivity index (χ4v) is 1.83. The second kappa shape index (κ2) is 5.88. The van der Waals surface area contributed by atoms with E-state index in [0.29, 0.717) is 18.1 Å². The van der Waals surface area contributed by atoms with Crippen LogP contribution in [0.5, 0.6) is 0 Å². The van der Waals surface area contributed by atoms with Gasteiger partial charge in [0.05, 0.1) is 23.0 Å². The van der Waals surface area contributed by atoms with Crippen LogP contribution in [0.3, 0.4) is 0 Å². The van der Waals surface area contributed by atoms with E-state index in [2.05, 4.69) is 10.3 Å². The highest BCUT2D eigenvalue weighted by Crippen LogP contribution is 2.21. The monoisotopic (exact) mass is 259 g/mol. The molecule has 0 saturated heterocycles. The van der Waals surface area contributed by atoms with E-state index in [1.807, 2.05) is 30.5 Å². The van der Waals surface area contributed by atoms with Crippen LogP contribution in [0, 0.1) is 6.92 Å². The molecule has 7 heteroatoms. The Morgan fingerprint density at radius 1 is 1.65 bits per heavy atom. The summed E-state index contributed by atoms with van der Waals surface area (Å²) in [5, 5.41) is 16.4. The Kier molecular flexibility index (Phi) is 4.77. The average Bonchev–Trinajstić information content (AvgIpc) is 2.56. The minimum absolute atomic E-state index is 0.169. The van der Waals surface area contributed by atoms with Crippen LogP contribution in [0.1, 0.15) is 18.3 Å². The number of nitrogens with zero attached hydrogens (tertiary/aromatic N) is 4. The predicted molar refractivity (Wildman–Crippen MR) is 67.4 cm³/mol. The minimum Gasteiger partial charge on any atom is -0.409 e. The maximum absolute atomic E-state index is 8.50. The van der Waals surface area contributed by atoms with Gasteiger partial charge in [0.1, 0.15) is 0 Å². The van der Waals surface area contributed by atoms with Crippen molar-refractivity contribution in [1.82, 2.24) is 14.7 Å². The highest BCUT2D eigenvalue weighted by atomic mass is 35.5. The number of likely N-dealkylation sites (N-methyl/N-ethyl adjacent to an activating group) is 1. The Hall–Kier alpha value is -1.27. The summed E-state index contributed by atoms with van der Waals surface area (Å²) in [6.07, 6.45) is 0. The van der Waals surface area contributed by atoms with Crippen LogP contribution in [0.15, 0.2) is 5.16 Å². The normalized spacial score (nSPS) is 12.4. The summed E-state index contributed by atoms with van der Waals surface area (Å²) in [6.45, 7) is 5.63. The van der Waals surface area contributed by atoms with Crippen molar-refractivity contribution >= 4 is 17.4 Å². The van der Waals surface area contributed by atoms with E-state index in [0.717, 1.165) is 17.9 Å². The zero-order valence-corrected chi connectivity index (χ0v) is 11.1. The molecule has 0 unspecified atom stereocenters. The maximum atomic E-state index is 8.50. The molecule has 0 aliphatic carbocycles. The maximum Gasteiger partial charge on any atom is 0.153 e. The van der Waals surface area contributed by atoms with Gasteiger partial charge in [-0.25, -0.2) is 0 Å². The van der Waals surface area contributed by atoms with E-state index >= 15 is 0 Å². The van der Waals surface area contributed by atoms with Crippen molar-refractivity contribution in [2.45, 2.75) is 26.9 Å². The van der Waals surface area contributed by atoms with E-state index in [1.54, 1.807) is 0 Å². The first-order chi connectivity index (χ1) is 7.99. The van der Waals surface area contributed by atoms with Crippen molar-refractivity contribution in [2.24, 2.45) is 10.9 Å². The number of oxime groups is 1. The fraction of sp³-hybridized carbons (Fsp3) is 0.600. The molecule has 0 amide bonds. The quantitative estimate of drug-likeness (QED) is 0.358. The summed E-state index contributed by atoms with van der Waals surface area (Å²) < 4.78 is 1.86. The van der Waals surface area contributed by atoms with Crippen LogP contribution in [-0.4, -0.2) is 39.3 Å². The molecule has 0 radical (unpaired) electrons. The summed E-state index contributed by atoms with van der Waals surface area (Å²) in [7, 11) is 1.87. The van der Waals surface area contributed by atoms with Gasteiger partial charge in [0, 0.05) is 13.1 Å². The number of hydrogen-bond acceptors (Lipinski definition) is 4. The Balaban J connectivity index is 2.80. The van der Waals surface area contributed by atoms with Crippen molar-refractivity contribution in [3.63, 3.8) is 0 Å². The van der Waals surface area contributed by atoms with Crippen molar-refractivity contribution in [3.05, 3.63) is 16.4 Å². The third kappa shape index (κ3) is 3.34. The Bertz CT molecular complexity index is 415. The van der Waals surface area contributed by atoms with Crippen LogP contribution in [-0.2, 0) is 13.1 Å². The van der Waals surface area contributed by atoms with Crippen LogP contribution in [0.2, 0.25) is 5.02 Å². The highest BCUT2D eigenvalue weighted by molar-refractivity contribution is 6.31. The van der Waals surface area contributed by atoms with Crippen molar-refractivity contribution < 1.29 is 5.21 Å². The van der Waals surface area contributed by atoms with Gasteiger partial charge in [-0.15, -0.1) is 0 Å². The molecule has 1 rings (SSSR count). The largest absolute Gasteiger partial charge is 0.409 e. The van der Waals surface area contributed by atoms with Gasteiger partial charge in [-0.05, 0) is 20.9 Å². The molecule has 0 aliphatic heterocycles. The molecule has 3 N–H and O–H groups in total. The summed E-state index contributed by atoms with van der Waals surface area (Å²) >= 11 is 6.19. The number of aromatic nitrogens is 2. The lowest BCUT2D eigenvalue weighted by Gasteiger charge is -2.16. The summed E-state index contributed by atoms with van der Waals surface area (Å²) in [5.74, 6) is 0.169. The van der Waals surface area contributed by atoms with Gasteiger partial charge in [0.15, 0.2) is 5.84 Å². The van der Waals surface area contributed by atoms with Crippen molar-refractivity contribution in [1.29, 1.82) is 0 Å². The first-order valence-corrected chi connectivity index (χ1v) is 5.74. The molecule has 0 aromatic carbocycles. The first kappa shape index (κ1) is 13.8. The Morgan fingerprint density at radius 2 is 2.29 bits per heavy atom. The molecule has 1 aromatic heterocycles. The van der Waals surface area contributed by atoms with Gasteiger partial charge in [0.2, 0.25) is 0 Å². The lowest BCUT2D eigenvalue weighted by molar-refractivity contribution is 0.306. The molecular weight excluding hydrogens is 242 g/mol. The van der Waals surface area contributed by atoms with Gasteiger partial charge < -0.3 is 10.9 Å². The first-order valence-electron chi connectivity index (χ1n) is 5.36. The zero-order valence-electron chi connectivity index (χ0n) is 10.3. The fourth-order valence-electron chi connectivity index (χ4n) is 1.64. The molecule has 0 aliphatic rings. The van der Waals surface area contributed by atoms with Gasteiger partial charge in [-0.3, -0.25) is 9.58 Å². The van der Waals surface area contributed by atoms with Gasteiger partial charge in [0.25, 0.3) is 0 Å². The van der Waals surface area contributed by atoms with Crippen molar-refractivity contribution in [3.8, 4) is 0 Å². The number of hydrogen-bond donors (Lipinski definition) is 2. The number of nitrogens with two attached hydrogens (primary N) is 1. The lowest BCUT2D eigenvalue weighted by atomic mass is 10.3. The van der Waals surface area contributed by atoms with Crippen LogP contribution in [0.4, 0.5) is 0 Å². The van der Waals surface area contributed by atoms with E-state index in [1.165, 1.54) is 0 Å². The number of rotatable bonds is 5. The third-order valence-electron chi connectivity index (χ3n) is 2.43. The molecular formula is C10H18ClN5O. The Morgan fingerprint density at radius 3 is 2.82 bits per heavy atom. The molecule has 0 spiro atoms. The second-order valence-corrected chi connectivity index (χ2v) is 4.30. The average molecular weight is 260 g/mol. The number of amidine groups is 1. The third-order valence-corrected chi connectivity index (χ3v) is 2.92. The van der Waals surface area contributed by atoms with Gasteiger partial charge in [-0.2, -0.15) is 5.10 Å². The molecule has 0 fully saturated rings. The molecule has 0 bridgehead atoms. The predicted octanol–water partition coefficient (Wildman–Crippen LogP) is 1.04. The molecule has 0 saturated carbocycles. The minimum atomic E-state index is 0.169. The Labute approximate surface area is 106 Å². The molecule has 96 valence electrons. The molecule has 6 nitrogen and oxygen atoms in total. The van der Waals surface area contributed by atoms with Crippen LogP contribution in [0.25, 0.3) is 0 Å².